The zero-order valence-electron chi connectivity index (χ0n) is 11.0. The molecule has 0 N–H and O–H groups in total. The van der Waals surface area contributed by atoms with Crippen molar-refractivity contribution in [2.45, 2.75) is 13.2 Å². The van der Waals surface area contributed by atoms with Crippen LogP contribution in [0.3, 0.4) is 0 Å². The summed E-state index contributed by atoms with van der Waals surface area (Å²) >= 11 is 5.92. The van der Waals surface area contributed by atoms with E-state index in [4.69, 9.17) is 21.1 Å². The first-order valence-corrected chi connectivity index (χ1v) is 6.64. The van der Waals surface area contributed by atoms with Crippen LogP contribution in [0.2, 0.25) is 5.02 Å². The van der Waals surface area contributed by atoms with E-state index in [-0.39, 0.29) is 5.78 Å². The first kappa shape index (κ1) is 13.2. The molecule has 2 aromatic rings. The highest BCUT2D eigenvalue weighted by molar-refractivity contribution is 6.31. The highest BCUT2D eigenvalue weighted by Crippen LogP contribution is 2.27. The highest BCUT2D eigenvalue weighted by atomic mass is 35.5. The fourth-order valence-corrected chi connectivity index (χ4v) is 2.48. The van der Waals surface area contributed by atoms with Crippen molar-refractivity contribution in [3.8, 4) is 5.75 Å². The van der Waals surface area contributed by atoms with Crippen LogP contribution < -0.4 is 4.74 Å². The van der Waals surface area contributed by atoms with Crippen molar-refractivity contribution in [3.05, 3.63) is 63.7 Å². The molecule has 0 aromatic heterocycles. The molecule has 0 spiro atoms. The smallest absolute Gasteiger partial charge is 0.196 e. The van der Waals surface area contributed by atoms with Gasteiger partial charge in [0, 0.05) is 10.6 Å². The van der Waals surface area contributed by atoms with Gasteiger partial charge in [-0.15, -0.1) is 0 Å². The molecule has 1 heterocycles. The third-order valence-corrected chi connectivity index (χ3v) is 3.63. The molecule has 0 amide bonds. The first-order chi connectivity index (χ1) is 9.69. The average Bonchev–Trinajstić information content (AvgIpc) is 2.93. The van der Waals surface area contributed by atoms with E-state index < -0.39 is 0 Å². The van der Waals surface area contributed by atoms with E-state index in [0.717, 1.165) is 11.1 Å². The van der Waals surface area contributed by atoms with E-state index in [2.05, 4.69) is 0 Å². The Balaban J connectivity index is 2.00. The predicted molar refractivity (Wildman–Crippen MR) is 76.4 cm³/mol. The number of hydrogen-bond acceptors (Lipinski definition) is 3. The Labute approximate surface area is 122 Å². The molecule has 0 fully saturated rings. The summed E-state index contributed by atoms with van der Waals surface area (Å²) in [6, 6.07) is 10.7. The van der Waals surface area contributed by atoms with Crippen molar-refractivity contribution >= 4 is 17.4 Å². The standard InChI is InChI=1S/C16H13ClO3/c1-19-15-7-13(17)4-5-14(15)16(18)10-2-3-11-8-20-9-12(11)6-10/h2-7H,8-9H2,1H3. The molecule has 0 saturated heterocycles. The van der Waals surface area contributed by atoms with E-state index in [9.17, 15) is 4.79 Å². The third kappa shape index (κ3) is 2.30. The van der Waals surface area contributed by atoms with Crippen LogP contribution in [0.5, 0.6) is 5.75 Å². The highest BCUT2D eigenvalue weighted by Gasteiger charge is 2.18. The number of ether oxygens (including phenoxy) is 2. The minimum atomic E-state index is -0.0757. The van der Waals surface area contributed by atoms with E-state index >= 15 is 0 Å². The fourth-order valence-electron chi connectivity index (χ4n) is 2.32. The molecule has 1 aliphatic heterocycles. The van der Waals surface area contributed by atoms with Gasteiger partial charge in [-0.25, -0.2) is 0 Å². The number of carbonyl (C=O) groups excluding carboxylic acids is 1. The number of ketones is 1. The summed E-state index contributed by atoms with van der Waals surface area (Å²) in [7, 11) is 1.53. The van der Waals surface area contributed by atoms with Crippen LogP contribution in [0.25, 0.3) is 0 Å². The summed E-state index contributed by atoms with van der Waals surface area (Å²) in [5, 5.41) is 0.542. The van der Waals surface area contributed by atoms with Gasteiger partial charge in [0.05, 0.1) is 25.9 Å². The van der Waals surface area contributed by atoms with Crippen molar-refractivity contribution < 1.29 is 14.3 Å². The Morgan fingerprint density at radius 2 is 1.95 bits per heavy atom. The second-order valence-electron chi connectivity index (χ2n) is 4.65. The van der Waals surface area contributed by atoms with Crippen LogP contribution in [-0.4, -0.2) is 12.9 Å². The topological polar surface area (TPSA) is 35.5 Å². The molecule has 3 rings (SSSR count). The lowest BCUT2D eigenvalue weighted by atomic mass is 9.99. The number of rotatable bonds is 3. The van der Waals surface area contributed by atoms with E-state index in [1.165, 1.54) is 7.11 Å². The predicted octanol–water partition coefficient (Wildman–Crippen LogP) is 3.61. The van der Waals surface area contributed by atoms with Gasteiger partial charge in [0.15, 0.2) is 5.78 Å². The number of benzene rings is 2. The lowest BCUT2D eigenvalue weighted by molar-refractivity contribution is 0.103. The molecular formula is C16H13ClO3. The van der Waals surface area contributed by atoms with Crippen molar-refractivity contribution in [2.24, 2.45) is 0 Å². The van der Waals surface area contributed by atoms with Gasteiger partial charge in [-0.2, -0.15) is 0 Å². The van der Waals surface area contributed by atoms with Crippen molar-refractivity contribution in [2.75, 3.05) is 7.11 Å². The molecule has 20 heavy (non-hydrogen) atoms. The maximum absolute atomic E-state index is 12.6. The molecule has 0 aliphatic carbocycles. The summed E-state index contributed by atoms with van der Waals surface area (Å²) in [5.74, 6) is 0.410. The first-order valence-electron chi connectivity index (χ1n) is 6.27. The third-order valence-electron chi connectivity index (χ3n) is 3.39. The molecule has 0 unspecified atom stereocenters. The second kappa shape index (κ2) is 5.27. The average molecular weight is 289 g/mol. The number of methoxy groups -OCH3 is 1. The van der Waals surface area contributed by atoms with Crippen LogP contribution in [0.1, 0.15) is 27.0 Å². The minimum Gasteiger partial charge on any atom is -0.496 e. The van der Waals surface area contributed by atoms with Gasteiger partial charge in [-0.3, -0.25) is 4.79 Å². The molecule has 3 nitrogen and oxygen atoms in total. The molecule has 0 saturated carbocycles. The van der Waals surface area contributed by atoms with Gasteiger partial charge < -0.3 is 9.47 Å². The van der Waals surface area contributed by atoms with E-state index in [0.29, 0.717) is 35.1 Å². The van der Waals surface area contributed by atoms with Crippen molar-refractivity contribution in [1.29, 1.82) is 0 Å². The van der Waals surface area contributed by atoms with Crippen LogP contribution >= 0.6 is 11.6 Å². The molecule has 1 aliphatic rings. The van der Waals surface area contributed by atoms with E-state index in [1.807, 2.05) is 18.2 Å². The fraction of sp³-hybridized carbons (Fsp3) is 0.188. The van der Waals surface area contributed by atoms with Crippen LogP contribution in [0.4, 0.5) is 0 Å². The number of hydrogen-bond donors (Lipinski definition) is 0. The zero-order valence-corrected chi connectivity index (χ0v) is 11.7. The molecule has 4 heteroatoms. The maximum atomic E-state index is 12.6. The molecular weight excluding hydrogens is 276 g/mol. The Bertz CT molecular complexity index is 679. The maximum Gasteiger partial charge on any atom is 0.196 e. The second-order valence-corrected chi connectivity index (χ2v) is 5.09. The summed E-state index contributed by atoms with van der Waals surface area (Å²) in [5.41, 5.74) is 3.36. The van der Waals surface area contributed by atoms with Gasteiger partial charge in [0.2, 0.25) is 0 Å². The molecule has 102 valence electrons. The number of carbonyl (C=O) groups is 1. The van der Waals surface area contributed by atoms with Crippen LogP contribution in [0.15, 0.2) is 36.4 Å². The zero-order chi connectivity index (χ0) is 14.1. The Hall–Kier alpha value is -1.84. The summed E-state index contributed by atoms with van der Waals surface area (Å²) in [6.45, 7) is 1.18. The normalized spacial score (nSPS) is 13.1. The van der Waals surface area contributed by atoms with Crippen molar-refractivity contribution in [1.82, 2.24) is 0 Å². The van der Waals surface area contributed by atoms with Crippen molar-refractivity contribution in [3.63, 3.8) is 0 Å². The van der Waals surface area contributed by atoms with E-state index in [1.54, 1.807) is 18.2 Å². The van der Waals surface area contributed by atoms with Gasteiger partial charge >= 0.3 is 0 Å². The summed E-state index contributed by atoms with van der Waals surface area (Å²) < 4.78 is 10.6. The summed E-state index contributed by atoms with van der Waals surface area (Å²) in [6.07, 6.45) is 0. The monoisotopic (exact) mass is 288 g/mol. The molecule has 0 bridgehead atoms. The SMILES string of the molecule is COc1cc(Cl)ccc1C(=O)c1ccc2c(c1)COC2. The Morgan fingerprint density at radius 1 is 1.15 bits per heavy atom. The lowest BCUT2D eigenvalue weighted by Gasteiger charge is -2.09. The van der Waals surface area contributed by atoms with Gasteiger partial charge in [-0.1, -0.05) is 23.7 Å². The number of halogens is 1. The molecule has 0 radical (unpaired) electrons. The quantitative estimate of drug-likeness (QED) is 0.810. The van der Waals surface area contributed by atoms with Gasteiger partial charge in [-0.05, 0) is 35.4 Å². The van der Waals surface area contributed by atoms with Crippen LogP contribution in [0, 0.1) is 0 Å². The minimum absolute atomic E-state index is 0.0757. The largest absolute Gasteiger partial charge is 0.496 e. The lowest BCUT2D eigenvalue weighted by Crippen LogP contribution is -2.04. The number of fused-ring (bicyclic) bond motifs is 1. The van der Waals surface area contributed by atoms with Crippen LogP contribution in [-0.2, 0) is 18.0 Å². The Kier molecular flexibility index (Phi) is 3.47. The molecule has 2 aromatic carbocycles. The van der Waals surface area contributed by atoms with Gasteiger partial charge in [0.25, 0.3) is 0 Å². The van der Waals surface area contributed by atoms with Gasteiger partial charge in [0.1, 0.15) is 5.75 Å². The summed E-state index contributed by atoms with van der Waals surface area (Å²) in [4.78, 5) is 12.6. The molecule has 0 atom stereocenters. The Morgan fingerprint density at radius 3 is 2.75 bits per heavy atom.